The van der Waals surface area contributed by atoms with Gasteiger partial charge in [-0.2, -0.15) is 0 Å². The molecule has 0 radical (unpaired) electrons. The predicted octanol–water partition coefficient (Wildman–Crippen LogP) is 0.956. The molecule has 0 unspecified atom stereocenters. The molecule has 0 saturated heterocycles. The second-order valence-corrected chi connectivity index (χ2v) is 3.02. The van der Waals surface area contributed by atoms with Gasteiger partial charge in [-0.1, -0.05) is 0 Å². The third kappa shape index (κ3) is 9.48. The highest BCUT2D eigenvalue weighted by atomic mass is 16.5. The maximum atomic E-state index is 11.0. The number of hydrogen-bond acceptors (Lipinski definition) is 3. The smallest absolute Gasteiger partial charge is 0.222 e. The van der Waals surface area contributed by atoms with E-state index in [1.807, 2.05) is 6.92 Å². The van der Waals surface area contributed by atoms with Gasteiger partial charge in [0.1, 0.15) is 0 Å². The Morgan fingerprint density at radius 2 is 1.93 bits per heavy atom. The van der Waals surface area contributed by atoms with Gasteiger partial charge in [-0.25, -0.2) is 0 Å². The van der Waals surface area contributed by atoms with Gasteiger partial charge in [0.05, 0.1) is 6.61 Å². The summed E-state index contributed by atoms with van der Waals surface area (Å²) in [5, 5.41) is 2.72. The first kappa shape index (κ1) is 13.4. The molecule has 0 heterocycles. The van der Waals surface area contributed by atoms with Crippen molar-refractivity contribution in [1.29, 1.82) is 0 Å². The molecule has 0 atom stereocenters. The van der Waals surface area contributed by atoms with Gasteiger partial charge in [0.2, 0.25) is 5.91 Å². The first-order valence-electron chi connectivity index (χ1n) is 5.14. The van der Waals surface area contributed by atoms with E-state index >= 15 is 0 Å². The fourth-order valence-corrected chi connectivity index (χ4v) is 1.00. The van der Waals surface area contributed by atoms with Crippen molar-refractivity contribution in [3.05, 3.63) is 0 Å². The summed E-state index contributed by atoms with van der Waals surface area (Å²) in [6, 6.07) is 0. The lowest BCUT2D eigenvalue weighted by molar-refractivity contribution is -0.122. The van der Waals surface area contributed by atoms with Crippen LogP contribution in [0.4, 0.5) is 0 Å². The molecule has 0 aliphatic carbocycles. The maximum Gasteiger partial charge on any atom is 0.222 e. The molecular formula is C10H21NO3. The molecule has 0 spiro atoms. The summed E-state index contributed by atoms with van der Waals surface area (Å²) in [7, 11) is 1.69. The lowest BCUT2D eigenvalue weighted by Crippen LogP contribution is -2.23. The Kier molecular flexibility index (Phi) is 10.0. The number of rotatable bonds is 9. The highest BCUT2D eigenvalue weighted by molar-refractivity contribution is 5.75. The molecule has 14 heavy (non-hydrogen) atoms. The van der Waals surface area contributed by atoms with Crippen molar-refractivity contribution in [2.24, 2.45) is 0 Å². The summed E-state index contributed by atoms with van der Waals surface area (Å²) in [6.45, 7) is 4.59. The lowest BCUT2D eigenvalue weighted by Gasteiger charge is -2.04. The van der Waals surface area contributed by atoms with Gasteiger partial charge in [-0.05, 0) is 19.8 Å². The van der Waals surface area contributed by atoms with Crippen LogP contribution in [0.3, 0.4) is 0 Å². The zero-order valence-corrected chi connectivity index (χ0v) is 9.17. The summed E-state index contributed by atoms with van der Waals surface area (Å²) in [6.07, 6.45) is 2.46. The molecule has 0 aromatic heterocycles. The number of unbranched alkanes of at least 4 members (excludes halogenated alkanes) is 1. The molecule has 0 aliphatic rings. The lowest BCUT2D eigenvalue weighted by atomic mass is 10.3. The molecular weight excluding hydrogens is 182 g/mol. The normalized spacial score (nSPS) is 10.1. The molecule has 0 aromatic carbocycles. The quantitative estimate of drug-likeness (QED) is 0.568. The van der Waals surface area contributed by atoms with Crippen LogP contribution in [0, 0.1) is 0 Å². The summed E-state index contributed by atoms with van der Waals surface area (Å²) in [5.41, 5.74) is 0. The number of amides is 1. The monoisotopic (exact) mass is 203 g/mol. The number of hydrogen-bond donors (Lipinski definition) is 1. The van der Waals surface area contributed by atoms with Crippen LogP contribution >= 0.6 is 0 Å². The fraction of sp³-hybridized carbons (Fsp3) is 0.900. The van der Waals surface area contributed by atoms with E-state index in [1.54, 1.807) is 7.11 Å². The molecule has 4 nitrogen and oxygen atoms in total. The van der Waals surface area contributed by atoms with E-state index in [1.165, 1.54) is 0 Å². The first-order valence-corrected chi connectivity index (χ1v) is 5.14. The van der Waals surface area contributed by atoms with E-state index in [9.17, 15) is 4.79 Å². The second-order valence-electron chi connectivity index (χ2n) is 3.02. The topological polar surface area (TPSA) is 47.6 Å². The first-order chi connectivity index (χ1) is 6.81. The molecule has 1 N–H and O–H groups in total. The van der Waals surface area contributed by atoms with Crippen LogP contribution in [-0.2, 0) is 14.3 Å². The largest absolute Gasteiger partial charge is 0.385 e. The van der Waals surface area contributed by atoms with Crippen LogP contribution in [0.15, 0.2) is 0 Å². The van der Waals surface area contributed by atoms with Crippen molar-refractivity contribution in [3.63, 3.8) is 0 Å². The van der Waals surface area contributed by atoms with Crippen molar-refractivity contribution in [2.45, 2.75) is 26.2 Å². The summed E-state index contributed by atoms with van der Waals surface area (Å²) in [5.74, 6) is 0.0596. The highest BCUT2D eigenvalue weighted by Crippen LogP contribution is 1.91. The molecule has 1 amide bonds. The Bertz CT molecular complexity index is 139. The van der Waals surface area contributed by atoms with Crippen molar-refractivity contribution >= 4 is 5.91 Å². The third-order valence-electron chi connectivity index (χ3n) is 1.73. The minimum absolute atomic E-state index is 0.0596. The number of nitrogens with one attached hydrogen (secondary N) is 1. The molecule has 84 valence electrons. The molecule has 4 heteroatoms. The molecule has 0 rings (SSSR count). The zero-order chi connectivity index (χ0) is 10.6. The van der Waals surface area contributed by atoms with Crippen molar-refractivity contribution in [1.82, 2.24) is 5.32 Å². The minimum atomic E-state index is 0.0596. The van der Waals surface area contributed by atoms with Crippen LogP contribution in [0.5, 0.6) is 0 Å². The number of ether oxygens (including phenoxy) is 2. The zero-order valence-electron chi connectivity index (χ0n) is 9.17. The third-order valence-corrected chi connectivity index (χ3v) is 1.73. The Hall–Kier alpha value is -0.610. The predicted molar refractivity (Wildman–Crippen MR) is 55.2 cm³/mol. The Morgan fingerprint density at radius 3 is 2.57 bits per heavy atom. The Labute approximate surface area is 86.0 Å². The molecule has 0 saturated carbocycles. The van der Waals surface area contributed by atoms with Gasteiger partial charge in [0, 0.05) is 33.3 Å². The van der Waals surface area contributed by atoms with Gasteiger partial charge in [-0.3, -0.25) is 4.79 Å². The van der Waals surface area contributed by atoms with Gasteiger partial charge in [-0.15, -0.1) is 0 Å². The molecule has 0 aromatic rings. The van der Waals surface area contributed by atoms with Gasteiger partial charge in [0.25, 0.3) is 0 Å². The molecule has 0 fully saturated rings. The van der Waals surface area contributed by atoms with Gasteiger partial charge >= 0.3 is 0 Å². The van der Waals surface area contributed by atoms with Crippen LogP contribution in [0.2, 0.25) is 0 Å². The van der Waals surface area contributed by atoms with E-state index in [4.69, 9.17) is 9.47 Å². The Balaban J connectivity index is 3.01. The van der Waals surface area contributed by atoms with E-state index < -0.39 is 0 Å². The van der Waals surface area contributed by atoms with Crippen LogP contribution in [0.1, 0.15) is 26.2 Å². The number of carbonyl (C=O) groups is 1. The van der Waals surface area contributed by atoms with Crippen LogP contribution in [-0.4, -0.2) is 39.4 Å². The van der Waals surface area contributed by atoms with E-state index in [2.05, 4.69) is 5.32 Å². The van der Waals surface area contributed by atoms with Crippen LogP contribution < -0.4 is 5.32 Å². The van der Waals surface area contributed by atoms with Crippen LogP contribution in [0.25, 0.3) is 0 Å². The average molecular weight is 203 g/mol. The van der Waals surface area contributed by atoms with Gasteiger partial charge in [0.15, 0.2) is 0 Å². The molecule has 0 bridgehead atoms. The average Bonchev–Trinajstić information content (AvgIpc) is 2.17. The van der Waals surface area contributed by atoms with Crippen molar-refractivity contribution in [2.75, 3.05) is 33.5 Å². The number of carbonyl (C=O) groups excluding carboxylic acids is 1. The minimum Gasteiger partial charge on any atom is -0.385 e. The fourth-order valence-electron chi connectivity index (χ4n) is 1.00. The summed E-state index contributed by atoms with van der Waals surface area (Å²) in [4.78, 5) is 11.0. The van der Waals surface area contributed by atoms with Crippen molar-refractivity contribution in [3.8, 4) is 0 Å². The van der Waals surface area contributed by atoms with E-state index in [0.29, 0.717) is 26.2 Å². The SMILES string of the molecule is CCNC(=O)CCOCCCCOC. The number of methoxy groups -OCH3 is 1. The standard InChI is InChI=1S/C10H21NO3/c1-3-11-10(12)6-9-14-8-5-4-7-13-2/h3-9H2,1-2H3,(H,11,12). The summed E-state index contributed by atoms with van der Waals surface area (Å²) < 4.78 is 10.2. The maximum absolute atomic E-state index is 11.0. The van der Waals surface area contributed by atoms with E-state index in [0.717, 1.165) is 19.4 Å². The Morgan fingerprint density at radius 1 is 1.21 bits per heavy atom. The van der Waals surface area contributed by atoms with Gasteiger partial charge < -0.3 is 14.8 Å². The summed E-state index contributed by atoms with van der Waals surface area (Å²) >= 11 is 0. The highest BCUT2D eigenvalue weighted by Gasteiger charge is 1.98. The van der Waals surface area contributed by atoms with E-state index in [-0.39, 0.29) is 5.91 Å². The van der Waals surface area contributed by atoms with Crippen molar-refractivity contribution < 1.29 is 14.3 Å². The molecule has 0 aliphatic heterocycles. The second kappa shape index (κ2) is 10.5.